The summed E-state index contributed by atoms with van der Waals surface area (Å²) < 4.78 is 0. The molecule has 1 saturated carbocycles. The maximum Gasteiger partial charge on any atom is 0.264 e. The predicted octanol–water partition coefficient (Wildman–Crippen LogP) is 2.22. The molecule has 1 aromatic rings. The third-order valence-corrected chi connectivity index (χ3v) is 5.30. The number of thiophene rings is 1. The molecule has 3 rings (SSSR count). The Kier molecular flexibility index (Phi) is 3.39. The van der Waals surface area contributed by atoms with Crippen molar-refractivity contribution in [3.05, 3.63) is 21.4 Å². The van der Waals surface area contributed by atoms with Crippen LogP contribution in [0, 0.1) is 0 Å². The molecule has 1 amide bonds. The van der Waals surface area contributed by atoms with Crippen molar-refractivity contribution in [1.82, 2.24) is 4.90 Å². The van der Waals surface area contributed by atoms with Gasteiger partial charge in [0.2, 0.25) is 0 Å². The number of aliphatic hydroxyl groups is 1. The third kappa shape index (κ3) is 2.08. The van der Waals surface area contributed by atoms with Gasteiger partial charge in [-0.1, -0.05) is 0 Å². The molecule has 0 radical (unpaired) electrons. The van der Waals surface area contributed by atoms with E-state index in [1.165, 1.54) is 23.3 Å². The van der Waals surface area contributed by atoms with Crippen LogP contribution in [0.1, 0.15) is 45.8 Å². The molecule has 1 heterocycles. The molecule has 2 aliphatic rings. The van der Waals surface area contributed by atoms with Crippen LogP contribution in [-0.2, 0) is 12.8 Å². The fourth-order valence-corrected chi connectivity index (χ4v) is 4.04. The van der Waals surface area contributed by atoms with Gasteiger partial charge in [0.1, 0.15) is 0 Å². The number of hydrogen-bond donors (Lipinski definition) is 1. The van der Waals surface area contributed by atoms with Gasteiger partial charge in [-0.05, 0) is 50.2 Å². The molecule has 0 saturated heterocycles. The Morgan fingerprint density at radius 3 is 2.83 bits per heavy atom. The fraction of sp³-hybridized carbons (Fsp3) is 0.643. The molecule has 0 aliphatic heterocycles. The lowest BCUT2D eigenvalue weighted by Gasteiger charge is -2.37. The summed E-state index contributed by atoms with van der Waals surface area (Å²) in [5.41, 5.74) is 1.38. The second-order valence-electron chi connectivity index (χ2n) is 5.22. The minimum atomic E-state index is 0.0628. The zero-order chi connectivity index (χ0) is 12.5. The summed E-state index contributed by atoms with van der Waals surface area (Å²) in [7, 11) is 0. The van der Waals surface area contributed by atoms with Crippen molar-refractivity contribution in [1.29, 1.82) is 0 Å². The van der Waals surface area contributed by atoms with Crippen LogP contribution in [0.15, 0.2) is 6.07 Å². The molecule has 1 fully saturated rings. The minimum Gasteiger partial charge on any atom is -0.395 e. The number of aliphatic hydroxyl groups excluding tert-OH is 1. The highest BCUT2D eigenvalue weighted by Crippen LogP contribution is 2.33. The van der Waals surface area contributed by atoms with Gasteiger partial charge in [0.15, 0.2) is 0 Å². The first-order chi connectivity index (χ1) is 8.79. The van der Waals surface area contributed by atoms with Crippen molar-refractivity contribution in [3.8, 4) is 0 Å². The molecule has 0 spiro atoms. The largest absolute Gasteiger partial charge is 0.395 e. The van der Waals surface area contributed by atoms with Crippen LogP contribution in [0.4, 0.5) is 0 Å². The summed E-state index contributed by atoms with van der Waals surface area (Å²) in [4.78, 5) is 16.7. The van der Waals surface area contributed by atoms with Crippen molar-refractivity contribution >= 4 is 17.2 Å². The van der Waals surface area contributed by atoms with Crippen LogP contribution in [0.2, 0.25) is 0 Å². The summed E-state index contributed by atoms with van der Waals surface area (Å²) in [6.07, 6.45) is 6.90. The molecule has 2 aliphatic carbocycles. The van der Waals surface area contributed by atoms with Gasteiger partial charge in [0, 0.05) is 17.5 Å². The fourth-order valence-electron chi connectivity index (χ4n) is 2.83. The molecule has 0 bridgehead atoms. The van der Waals surface area contributed by atoms with E-state index < -0.39 is 0 Å². The number of carbonyl (C=O) groups excluding carboxylic acids is 1. The van der Waals surface area contributed by atoms with Gasteiger partial charge in [0.25, 0.3) is 5.91 Å². The molecular formula is C14H19NO2S. The Bertz CT molecular complexity index is 429. The average Bonchev–Trinajstić information content (AvgIpc) is 2.84. The van der Waals surface area contributed by atoms with E-state index in [9.17, 15) is 4.79 Å². The minimum absolute atomic E-state index is 0.0628. The number of carbonyl (C=O) groups is 1. The Labute approximate surface area is 111 Å². The van der Waals surface area contributed by atoms with Crippen LogP contribution < -0.4 is 0 Å². The van der Waals surface area contributed by atoms with Crippen LogP contribution in [0.3, 0.4) is 0 Å². The molecule has 0 atom stereocenters. The van der Waals surface area contributed by atoms with Crippen LogP contribution in [-0.4, -0.2) is 35.1 Å². The number of amides is 1. The maximum absolute atomic E-state index is 12.5. The van der Waals surface area contributed by atoms with Crippen molar-refractivity contribution < 1.29 is 9.90 Å². The zero-order valence-electron chi connectivity index (χ0n) is 10.5. The van der Waals surface area contributed by atoms with E-state index in [4.69, 9.17) is 5.11 Å². The Morgan fingerprint density at radius 2 is 2.22 bits per heavy atom. The van der Waals surface area contributed by atoms with Gasteiger partial charge in [-0.3, -0.25) is 4.79 Å². The molecule has 98 valence electrons. The van der Waals surface area contributed by atoms with Crippen molar-refractivity contribution in [2.24, 2.45) is 0 Å². The third-order valence-electron chi connectivity index (χ3n) is 4.07. The van der Waals surface area contributed by atoms with Gasteiger partial charge in [-0.25, -0.2) is 0 Å². The van der Waals surface area contributed by atoms with Crippen LogP contribution in [0.25, 0.3) is 0 Å². The normalized spacial score (nSPS) is 18.5. The van der Waals surface area contributed by atoms with Gasteiger partial charge >= 0.3 is 0 Å². The Hall–Kier alpha value is -0.870. The van der Waals surface area contributed by atoms with Crippen LogP contribution in [0.5, 0.6) is 0 Å². The second kappa shape index (κ2) is 5.02. The van der Waals surface area contributed by atoms with Crippen LogP contribution >= 0.6 is 11.3 Å². The number of aryl methyl sites for hydroxylation is 2. The molecule has 4 heteroatoms. The van der Waals surface area contributed by atoms with E-state index in [2.05, 4.69) is 6.07 Å². The van der Waals surface area contributed by atoms with Crippen molar-refractivity contribution in [2.45, 2.75) is 44.6 Å². The SMILES string of the molecule is O=C(c1cc2c(s1)CCC2)N(CCO)C1CCC1. The summed E-state index contributed by atoms with van der Waals surface area (Å²) in [6, 6.07) is 2.44. The van der Waals surface area contributed by atoms with Crippen molar-refractivity contribution in [2.75, 3.05) is 13.2 Å². The van der Waals surface area contributed by atoms with E-state index in [0.717, 1.165) is 30.6 Å². The number of rotatable bonds is 4. The van der Waals surface area contributed by atoms with E-state index in [1.807, 2.05) is 4.90 Å². The molecule has 0 aromatic carbocycles. The first-order valence-corrected chi connectivity index (χ1v) is 7.64. The molecule has 18 heavy (non-hydrogen) atoms. The van der Waals surface area contributed by atoms with E-state index >= 15 is 0 Å². The van der Waals surface area contributed by atoms with Gasteiger partial charge < -0.3 is 10.0 Å². The van der Waals surface area contributed by atoms with E-state index in [0.29, 0.717) is 12.6 Å². The topological polar surface area (TPSA) is 40.5 Å². The molecular weight excluding hydrogens is 246 g/mol. The predicted molar refractivity (Wildman–Crippen MR) is 72.1 cm³/mol. The van der Waals surface area contributed by atoms with Gasteiger partial charge in [0.05, 0.1) is 11.5 Å². The molecule has 1 N–H and O–H groups in total. The summed E-state index contributed by atoms with van der Waals surface area (Å²) in [5.74, 6) is 0.133. The first kappa shape index (κ1) is 12.2. The Balaban J connectivity index is 1.77. The van der Waals surface area contributed by atoms with Crippen molar-refractivity contribution in [3.63, 3.8) is 0 Å². The zero-order valence-corrected chi connectivity index (χ0v) is 11.3. The molecule has 1 aromatic heterocycles. The summed E-state index contributed by atoms with van der Waals surface area (Å²) in [6.45, 7) is 0.541. The summed E-state index contributed by atoms with van der Waals surface area (Å²) in [5, 5.41) is 9.13. The van der Waals surface area contributed by atoms with E-state index in [-0.39, 0.29) is 12.5 Å². The lowest BCUT2D eigenvalue weighted by Crippen LogP contribution is -2.45. The highest BCUT2D eigenvalue weighted by molar-refractivity contribution is 7.14. The van der Waals surface area contributed by atoms with Gasteiger partial charge in [-0.2, -0.15) is 0 Å². The monoisotopic (exact) mass is 265 g/mol. The first-order valence-electron chi connectivity index (χ1n) is 6.83. The Morgan fingerprint density at radius 1 is 1.39 bits per heavy atom. The molecule has 3 nitrogen and oxygen atoms in total. The standard InChI is InChI=1S/C14H19NO2S/c16-8-7-15(11-4-2-5-11)14(17)13-9-10-3-1-6-12(10)18-13/h9,11,16H,1-8H2. The number of nitrogens with zero attached hydrogens (tertiary/aromatic N) is 1. The molecule has 0 unspecified atom stereocenters. The average molecular weight is 265 g/mol. The van der Waals surface area contributed by atoms with E-state index in [1.54, 1.807) is 11.3 Å². The number of hydrogen-bond acceptors (Lipinski definition) is 3. The highest BCUT2D eigenvalue weighted by atomic mass is 32.1. The quantitative estimate of drug-likeness (QED) is 0.907. The lowest BCUT2D eigenvalue weighted by atomic mass is 9.91. The summed E-state index contributed by atoms with van der Waals surface area (Å²) >= 11 is 1.66. The smallest absolute Gasteiger partial charge is 0.264 e. The lowest BCUT2D eigenvalue weighted by molar-refractivity contribution is 0.0530. The second-order valence-corrected chi connectivity index (χ2v) is 6.36. The highest BCUT2D eigenvalue weighted by Gasteiger charge is 2.30. The number of fused-ring (bicyclic) bond motifs is 1. The maximum atomic E-state index is 12.5. The van der Waals surface area contributed by atoms with Gasteiger partial charge in [-0.15, -0.1) is 11.3 Å².